The van der Waals surface area contributed by atoms with Crippen molar-refractivity contribution >= 4 is 22.6 Å². The third-order valence-electron chi connectivity index (χ3n) is 2.94. The number of primary amides is 1. The molecule has 0 aliphatic rings. The van der Waals surface area contributed by atoms with E-state index >= 15 is 0 Å². The third kappa shape index (κ3) is 1.91. The van der Waals surface area contributed by atoms with Crippen LogP contribution in [0.1, 0.15) is 10.4 Å². The van der Waals surface area contributed by atoms with Crippen molar-refractivity contribution in [1.82, 2.24) is 9.97 Å². The van der Waals surface area contributed by atoms with Gasteiger partial charge >= 0.3 is 0 Å². The SMILES string of the molecule is NC(=O)c1cccc2[nH]c(-c3cccc(N)c3)nc12. The number of H-pyrrole nitrogens is 1. The molecule has 0 unspecified atom stereocenters. The summed E-state index contributed by atoms with van der Waals surface area (Å²) >= 11 is 0. The van der Waals surface area contributed by atoms with Crippen LogP contribution in [0.4, 0.5) is 5.69 Å². The highest BCUT2D eigenvalue weighted by molar-refractivity contribution is 6.04. The molecule has 2 aromatic carbocycles. The number of aromatic amines is 1. The molecular formula is C14H12N4O. The van der Waals surface area contributed by atoms with E-state index in [9.17, 15) is 4.79 Å². The number of benzene rings is 2. The molecule has 5 nitrogen and oxygen atoms in total. The van der Waals surface area contributed by atoms with Gasteiger partial charge in [-0.3, -0.25) is 4.79 Å². The molecular weight excluding hydrogens is 240 g/mol. The molecule has 1 heterocycles. The van der Waals surface area contributed by atoms with Gasteiger partial charge in [-0.2, -0.15) is 0 Å². The Morgan fingerprint density at radius 2 is 1.95 bits per heavy atom. The van der Waals surface area contributed by atoms with Gasteiger partial charge in [-0.25, -0.2) is 4.98 Å². The number of nitrogens with one attached hydrogen (secondary N) is 1. The van der Waals surface area contributed by atoms with E-state index < -0.39 is 5.91 Å². The van der Waals surface area contributed by atoms with E-state index in [1.165, 1.54) is 0 Å². The molecule has 3 aromatic rings. The van der Waals surface area contributed by atoms with E-state index in [2.05, 4.69) is 9.97 Å². The van der Waals surface area contributed by atoms with Gasteiger partial charge in [-0.1, -0.05) is 18.2 Å². The Labute approximate surface area is 109 Å². The van der Waals surface area contributed by atoms with E-state index in [1.807, 2.05) is 24.3 Å². The predicted octanol–water partition coefficient (Wildman–Crippen LogP) is 1.91. The van der Waals surface area contributed by atoms with Crippen LogP contribution in [0.25, 0.3) is 22.4 Å². The summed E-state index contributed by atoms with van der Waals surface area (Å²) in [6.45, 7) is 0. The lowest BCUT2D eigenvalue weighted by Gasteiger charge is -1.97. The molecule has 5 heteroatoms. The van der Waals surface area contributed by atoms with E-state index in [1.54, 1.807) is 18.2 Å². The molecule has 0 aliphatic heterocycles. The number of hydrogen-bond acceptors (Lipinski definition) is 3. The highest BCUT2D eigenvalue weighted by Crippen LogP contribution is 2.23. The number of nitrogens with two attached hydrogens (primary N) is 2. The quantitative estimate of drug-likeness (QED) is 0.607. The maximum absolute atomic E-state index is 11.4. The van der Waals surface area contributed by atoms with Gasteiger partial charge in [0.05, 0.1) is 11.1 Å². The van der Waals surface area contributed by atoms with Gasteiger partial charge in [0.15, 0.2) is 0 Å². The fourth-order valence-corrected chi connectivity index (χ4v) is 2.05. The lowest BCUT2D eigenvalue weighted by atomic mass is 10.2. The Morgan fingerprint density at radius 1 is 1.16 bits per heavy atom. The van der Waals surface area contributed by atoms with Crippen LogP contribution in [0.2, 0.25) is 0 Å². The van der Waals surface area contributed by atoms with Gasteiger partial charge in [0.1, 0.15) is 11.3 Å². The number of anilines is 1. The lowest BCUT2D eigenvalue weighted by molar-refractivity contribution is 0.100. The van der Waals surface area contributed by atoms with Crippen molar-refractivity contribution in [3.05, 3.63) is 48.0 Å². The molecule has 0 spiro atoms. The summed E-state index contributed by atoms with van der Waals surface area (Å²) in [6, 6.07) is 12.7. The minimum atomic E-state index is -0.490. The standard InChI is InChI=1S/C14H12N4O/c15-9-4-1-3-8(7-9)14-17-11-6-2-5-10(13(16)19)12(11)18-14/h1-7H,15H2,(H2,16,19)(H,17,18). The monoisotopic (exact) mass is 252 g/mol. The molecule has 0 radical (unpaired) electrons. The minimum Gasteiger partial charge on any atom is -0.399 e. The number of fused-ring (bicyclic) bond motifs is 1. The summed E-state index contributed by atoms with van der Waals surface area (Å²) in [5.41, 5.74) is 14.4. The van der Waals surface area contributed by atoms with E-state index in [0.29, 0.717) is 22.6 Å². The van der Waals surface area contributed by atoms with Crippen molar-refractivity contribution in [1.29, 1.82) is 0 Å². The van der Waals surface area contributed by atoms with Crippen LogP contribution in [-0.2, 0) is 0 Å². The van der Waals surface area contributed by atoms with Crippen LogP contribution in [0, 0.1) is 0 Å². The first-order valence-electron chi connectivity index (χ1n) is 5.79. The highest BCUT2D eigenvalue weighted by atomic mass is 16.1. The van der Waals surface area contributed by atoms with Crippen molar-refractivity contribution in [3.8, 4) is 11.4 Å². The molecule has 1 amide bonds. The van der Waals surface area contributed by atoms with Crippen LogP contribution >= 0.6 is 0 Å². The number of rotatable bonds is 2. The number of nitrogen functional groups attached to an aromatic ring is 1. The number of hydrogen-bond donors (Lipinski definition) is 3. The topological polar surface area (TPSA) is 97.8 Å². The number of amides is 1. The molecule has 0 fully saturated rings. The van der Waals surface area contributed by atoms with E-state index in [0.717, 1.165) is 11.1 Å². The van der Waals surface area contributed by atoms with E-state index in [-0.39, 0.29) is 0 Å². The normalized spacial score (nSPS) is 10.7. The number of carbonyl (C=O) groups is 1. The number of aromatic nitrogens is 2. The molecule has 0 bridgehead atoms. The zero-order valence-electron chi connectivity index (χ0n) is 10.1. The summed E-state index contributed by atoms with van der Waals surface area (Å²) in [6.07, 6.45) is 0. The van der Waals surface area contributed by atoms with Gasteiger partial charge in [-0.05, 0) is 24.3 Å². The summed E-state index contributed by atoms with van der Waals surface area (Å²) in [4.78, 5) is 19.0. The number of nitrogens with zero attached hydrogens (tertiary/aromatic N) is 1. The molecule has 0 aliphatic carbocycles. The summed E-state index contributed by atoms with van der Waals surface area (Å²) in [5, 5.41) is 0. The van der Waals surface area contributed by atoms with Crippen molar-refractivity contribution in [3.63, 3.8) is 0 Å². The smallest absolute Gasteiger partial charge is 0.250 e. The molecule has 5 N–H and O–H groups in total. The first-order chi connectivity index (χ1) is 9.15. The molecule has 3 rings (SSSR count). The zero-order chi connectivity index (χ0) is 13.4. The average molecular weight is 252 g/mol. The Hall–Kier alpha value is -2.82. The fourth-order valence-electron chi connectivity index (χ4n) is 2.05. The molecule has 94 valence electrons. The molecule has 0 saturated carbocycles. The first kappa shape index (κ1) is 11.3. The van der Waals surface area contributed by atoms with Gasteiger partial charge in [0.25, 0.3) is 5.91 Å². The fraction of sp³-hybridized carbons (Fsp3) is 0. The second kappa shape index (κ2) is 4.13. The number of carbonyl (C=O) groups excluding carboxylic acids is 1. The largest absolute Gasteiger partial charge is 0.399 e. The van der Waals surface area contributed by atoms with Gasteiger partial charge in [0.2, 0.25) is 0 Å². The van der Waals surface area contributed by atoms with Gasteiger partial charge in [0, 0.05) is 11.3 Å². The summed E-state index contributed by atoms with van der Waals surface area (Å²) in [5.74, 6) is 0.173. The summed E-state index contributed by atoms with van der Waals surface area (Å²) in [7, 11) is 0. The molecule has 0 atom stereocenters. The Bertz CT molecular complexity index is 776. The number of imidazole rings is 1. The Kier molecular flexibility index (Phi) is 2.45. The van der Waals surface area contributed by atoms with Crippen LogP contribution in [0.3, 0.4) is 0 Å². The minimum absolute atomic E-state index is 0.406. The van der Waals surface area contributed by atoms with Crippen LogP contribution in [-0.4, -0.2) is 15.9 Å². The predicted molar refractivity (Wildman–Crippen MR) is 74.5 cm³/mol. The Balaban J connectivity index is 2.22. The lowest BCUT2D eigenvalue weighted by Crippen LogP contribution is -2.11. The van der Waals surface area contributed by atoms with Gasteiger partial charge < -0.3 is 16.5 Å². The maximum Gasteiger partial charge on any atom is 0.250 e. The molecule has 19 heavy (non-hydrogen) atoms. The van der Waals surface area contributed by atoms with Crippen LogP contribution < -0.4 is 11.5 Å². The third-order valence-corrected chi connectivity index (χ3v) is 2.94. The second-order valence-electron chi connectivity index (χ2n) is 4.28. The Morgan fingerprint density at radius 3 is 2.68 bits per heavy atom. The van der Waals surface area contributed by atoms with Gasteiger partial charge in [-0.15, -0.1) is 0 Å². The maximum atomic E-state index is 11.4. The molecule has 0 saturated heterocycles. The van der Waals surface area contributed by atoms with E-state index in [4.69, 9.17) is 11.5 Å². The highest BCUT2D eigenvalue weighted by Gasteiger charge is 2.11. The second-order valence-corrected chi connectivity index (χ2v) is 4.28. The number of para-hydroxylation sites is 1. The first-order valence-corrected chi connectivity index (χ1v) is 5.79. The summed E-state index contributed by atoms with van der Waals surface area (Å²) < 4.78 is 0. The molecule has 1 aromatic heterocycles. The van der Waals surface area contributed by atoms with Crippen molar-refractivity contribution in [2.45, 2.75) is 0 Å². The van der Waals surface area contributed by atoms with Crippen molar-refractivity contribution < 1.29 is 4.79 Å². The average Bonchev–Trinajstić information content (AvgIpc) is 2.82. The van der Waals surface area contributed by atoms with Crippen molar-refractivity contribution in [2.24, 2.45) is 5.73 Å². The zero-order valence-corrected chi connectivity index (χ0v) is 10.1. The van der Waals surface area contributed by atoms with Crippen molar-refractivity contribution in [2.75, 3.05) is 5.73 Å². The van der Waals surface area contributed by atoms with Crippen LogP contribution in [0.15, 0.2) is 42.5 Å². The van der Waals surface area contributed by atoms with Crippen LogP contribution in [0.5, 0.6) is 0 Å².